The molecule has 1 amide bonds. The summed E-state index contributed by atoms with van der Waals surface area (Å²) in [5.41, 5.74) is 10.3. The fraction of sp³-hybridized carbons (Fsp3) is 0.107. The number of fused-ring (bicyclic) bond motifs is 1. The van der Waals surface area contributed by atoms with Gasteiger partial charge in [0.1, 0.15) is 0 Å². The molecule has 1 unspecified atom stereocenters. The first kappa shape index (κ1) is 22.3. The zero-order valence-electron chi connectivity index (χ0n) is 19.0. The first-order valence-corrected chi connectivity index (χ1v) is 11.4. The van der Waals surface area contributed by atoms with Crippen molar-refractivity contribution in [1.29, 1.82) is 0 Å². The van der Waals surface area contributed by atoms with Crippen molar-refractivity contribution in [2.75, 3.05) is 6.54 Å². The minimum atomic E-state index is -0.492. The molecule has 7 heteroatoms. The van der Waals surface area contributed by atoms with E-state index < -0.39 is 11.9 Å². The smallest absolute Gasteiger partial charge is 0.248 e. The lowest BCUT2D eigenvalue weighted by Crippen LogP contribution is -2.30. The van der Waals surface area contributed by atoms with Crippen molar-refractivity contribution >= 4 is 22.6 Å². The molecule has 1 atom stereocenters. The van der Waals surface area contributed by atoms with E-state index >= 15 is 0 Å². The molecule has 0 aliphatic heterocycles. The zero-order valence-corrected chi connectivity index (χ0v) is 19.0. The van der Waals surface area contributed by atoms with E-state index in [2.05, 4.69) is 15.3 Å². The standard InChI is InChI=1S/C28H25N5O2/c29-28(35)21-8-6-19(7-9-21)12-13-31-26(20-4-2-1-3-5-20)27(34)24-17-32-25-16-22(10-11-23(24)25)33-15-14-30-18-33/h1-11,14-18,26,31-32H,12-13H2,(H2,29,35). The highest BCUT2D eigenvalue weighted by Crippen LogP contribution is 2.26. The highest BCUT2D eigenvalue weighted by Gasteiger charge is 2.24. The van der Waals surface area contributed by atoms with Gasteiger partial charge in [-0.1, -0.05) is 48.5 Å². The molecule has 0 saturated carbocycles. The van der Waals surface area contributed by atoms with Gasteiger partial charge in [-0.2, -0.15) is 0 Å². The van der Waals surface area contributed by atoms with Crippen LogP contribution in [0, 0.1) is 0 Å². The van der Waals surface area contributed by atoms with Crippen LogP contribution in [0.15, 0.2) is 97.7 Å². The predicted octanol–water partition coefficient (Wildman–Crippen LogP) is 4.21. The molecular formula is C28H25N5O2. The number of hydrogen-bond donors (Lipinski definition) is 3. The van der Waals surface area contributed by atoms with Gasteiger partial charge in [0.05, 0.1) is 12.4 Å². The molecule has 0 spiro atoms. The number of carbonyl (C=O) groups excluding carboxylic acids is 2. The molecule has 0 bridgehead atoms. The summed E-state index contributed by atoms with van der Waals surface area (Å²) in [5, 5.41) is 4.32. The second kappa shape index (κ2) is 9.79. The fourth-order valence-corrected chi connectivity index (χ4v) is 4.25. The van der Waals surface area contributed by atoms with Gasteiger partial charge in [-0.05, 0) is 41.8 Å². The minimum absolute atomic E-state index is 0.00177. The van der Waals surface area contributed by atoms with Crippen LogP contribution >= 0.6 is 0 Å². The molecule has 4 N–H and O–H groups in total. The van der Waals surface area contributed by atoms with E-state index in [1.807, 2.05) is 71.4 Å². The normalized spacial score (nSPS) is 12.0. The Hall–Kier alpha value is -4.49. The number of amides is 1. The highest BCUT2D eigenvalue weighted by molar-refractivity contribution is 6.10. The number of benzene rings is 3. The summed E-state index contributed by atoms with van der Waals surface area (Å²) in [7, 11) is 0. The Kier molecular flexibility index (Phi) is 6.24. The molecule has 3 aromatic carbocycles. The van der Waals surface area contributed by atoms with Gasteiger partial charge < -0.3 is 20.6 Å². The molecule has 35 heavy (non-hydrogen) atoms. The number of H-pyrrole nitrogens is 1. The van der Waals surface area contributed by atoms with Gasteiger partial charge in [0.2, 0.25) is 5.91 Å². The molecule has 0 fully saturated rings. The number of hydrogen-bond acceptors (Lipinski definition) is 4. The number of aromatic amines is 1. The summed E-state index contributed by atoms with van der Waals surface area (Å²) >= 11 is 0. The molecule has 0 aliphatic carbocycles. The molecule has 5 rings (SSSR count). The quantitative estimate of drug-likeness (QED) is 0.285. The van der Waals surface area contributed by atoms with Crippen molar-refractivity contribution in [2.24, 2.45) is 5.73 Å². The molecular weight excluding hydrogens is 438 g/mol. The minimum Gasteiger partial charge on any atom is -0.366 e. The maximum atomic E-state index is 13.7. The lowest BCUT2D eigenvalue weighted by atomic mass is 9.96. The molecule has 0 radical (unpaired) electrons. The van der Waals surface area contributed by atoms with Gasteiger partial charge in [-0.25, -0.2) is 4.98 Å². The lowest BCUT2D eigenvalue weighted by Gasteiger charge is -2.18. The van der Waals surface area contributed by atoms with E-state index in [-0.39, 0.29) is 5.78 Å². The zero-order chi connectivity index (χ0) is 24.2. The summed E-state index contributed by atoms with van der Waals surface area (Å²) in [6, 6.07) is 22.4. The van der Waals surface area contributed by atoms with E-state index in [0.717, 1.165) is 27.7 Å². The van der Waals surface area contributed by atoms with Gasteiger partial charge in [0, 0.05) is 52.9 Å². The van der Waals surface area contributed by atoms with Gasteiger partial charge in [0.25, 0.3) is 0 Å². The van der Waals surface area contributed by atoms with E-state index in [9.17, 15) is 9.59 Å². The molecule has 0 saturated heterocycles. The maximum Gasteiger partial charge on any atom is 0.248 e. The molecule has 0 aliphatic rings. The third-order valence-corrected chi connectivity index (χ3v) is 6.13. The van der Waals surface area contributed by atoms with Crippen LogP contribution in [0.2, 0.25) is 0 Å². The number of nitrogens with zero attached hydrogens (tertiary/aromatic N) is 2. The van der Waals surface area contributed by atoms with Crippen molar-refractivity contribution in [3.05, 3.63) is 120 Å². The van der Waals surface area contributed by atoms with Gasteiger partial charge in [-0.3, -0.25) is 9.59 Å². The number of nitrogens with one attached hydrogen (secondary N) is 2. The van der Waals surface area contributed by atoms with Crippen molar-refractivity contribution in [3.63, 3.8) is 0 Å². The lowest BCUT2D eigenvalue weighted by molar-refractivity contribution is 0.0943. The summed E-state index contributed by atoms with van der Waals surface area (Å²) in [5.74, 6) is -0.442. The average molecular weight is 464 g/mol. The van der Waals surface area contributed by atoms with E-state index in [4.69, 9.17) is 5.73 Å². The Morgan fingerprint density at radius 1 is 1.03 bits per heavy atom. The van der Waals surface area contributed by atoms with Crippen LogP contribution in [-0.4, -0.2) is 32.8 Å². The number of Topliss-reactive ketones (excluding diaryl/α,β-unsaturated/α-hetero) is 1. The van der Waals surface area contributed by atoms with Crippen LogP contribution in [0.4, 0.5) is 0 Å². The summed E-state index contributed by atoms with van der Waals surface area (Å²) in [6.45, 7) is 0.592. The first-order valence-electron chi connectivity index (χ1n) is 11.4. The van der Waals surface area contributed by atoms with E-state index in [1.54, 1.807) is 30.9 Å². The van der Waals surface area contributed by atoms with Gasteiger partial charge in [-0.15, -0.1) is 0 Å². The van der Waals surface area contributed by atoms with Crippen molar-refractivity contribution in [1.82, 2.24) is 19.9 Å². The monoisotopic (exact) mass is 463 g/mol. The van der Waals surface area contributed by atoms with Gasteiger partial charge >= 0.3 is 0 Å². The number of nitrogens with two attached hydrogens (primary N) is 1. The highest BCUT2D eigenvalue weighted by atomic mass is 16.1. The third-order valence-electron chi connectivity index (χ3n) is 6.13. The topological polar surface area (TPSA) is 106 Å². The number of aromatic nitrogens is 3. The number of carbonyl (C=O) groups is 2. The average Bonchev–Trinajstić information content (AvgIpc) is 3.57. The second-order valence-corrected chi connectivity index (χ2v) is 8.38. The van der Waals surface area contributed by atoms with E-state index in [1.165, 1.54) is 0 Å². The number of primary amides is 1. The van der Waals surface area contributed by atoms with Crippen LogP contribution < -0.4 is 11.1 Å². The number of rotatable bonds is 9. The van der Waals surface area contributed by atoms with Crippen LogP contribution in [0.25, 0.3) is 16.6 Å². The maximum absolute atomic E-state index is 13.7. The van der Waals surface area contributed by atoms with E-state index in [0.29, 0.717) is 24.1 Å². The number of ketones is 1. The second-order valence-electron chi connectivity index (χ2n) is 8.38. The van der Waals surface area contributed by atoms with Crippen molar-refractivity contribution in [2.45, 2.75) is 12.5 Å². The van der Waals surface area contributed by atoms with Crippen molar-refractivity contribution < 1.29 is 9.59 Å². The van der Waals surface area contributed by atoms with Crippen LogP contribution in [0.5, 0.6) is 0 Å². The molecule has 2 heterocycles. The van der Waals surface area contributed by atoms with Gasteiger partial charge in [0.15, 0.2) is 5.78 Å². The number of imidazole rings is 1. The molecule has 7 nitrogen and oxygen atoms in total. The predicted molar refractivity (Wildman–Crippen MR) is 136 cm³/mol. The van der Waals surface area contributed by atoms with Crippen LogP contribution in [0.1, 0.15) is 37.9 Å². The Labute approximate surface area is 202 Å². The Morgan fingerprint density at radius 2 is 1.83 bits per heavy atom. The van der Waals surface area contributed by atoms with Crippen molar-refractivity contribution in [3.8, 4) is 5.69 Å². The molecule has 5 aromatic rings. The Morgan fingerprint density at radius 3 is 2.54 bits per heavy atom. The summed E-state index contributed by atoms with van der Waals surface area (Å²) in [4.78, 5) is 32.4. The van der Waals surface area contributed by atoms with Crippen LogP contribution in [0.3, 0.4) is 0 Å². The Balaban J connectivity index is 1.37. The van der Waals surface area contributed by atoms with Crippen LogP contribution in [-0.2, 0) is 6.42 Å². The largest absolute Gasteiger partial charge is 0.366 e. The fourth-order valence-electron chi connectivity index (χ4n) is 4.25. The summed E-state index contributed by atoms with van der Waals surface area (Å²) in [6.07, 6.45) is 7.85. The SMILES string of the molecule is NC(=O)c1ccc(CCNC(C(=O)c2c[nH]c3cc(-n4ccnc4)ccc23)c2ccccc2)cc1. The molecule has 174 valence electrons. The molecule has 2 aromatic heterocycles. The third kappa shape index (κ3) is 4.76. The summed E-state index contributed by atoms with van der Waals surface area (Å²) < 4.78 is 1.92. The first-order chi connectivity index (χ1) is 17.1. The Bertz CT molecular complexity index is 1450.